The van der Waals surface area contributed by atoms with Gasteiger partial charge in [0, 0.05) is 0 Å². The zero-order chi connectivity index (χ0) is 17.5. The van der Waals surface area contributed by atoms with Crippen molar-refractivity contribution in [2.24, 2.45) is 5.14 Å². The second kappa shape index (κ2) is 6.10. The van der Waals surface area contributed by atoms with Crippen LogP contribution in [-0.2, 0) is 10.0 Å². The van der Waals surface area contributed by atoms with Gasteiger partial charge in [-0.05, 0) is 50.0 Å². The third-order valence-electron chi connectivity index (χ3n) is 4.15. The van der Waals surface area contributed by atoms with Crippen LogP contribution in [0.4, 0.5) is 8.78 Å². The lowest BCUT2D eigenvalue weighted by atomic mass is 10.1. The van der Waals surface area contributed by atoms with Crippen LogP contribution in [0.2, 0.25) is 0 Å². The van der Waals surface area contributed by atoms with E-state index < -0.39 is 16.4 Å². The van der Waals surface area contributed by atoms with Crippen molar-refractivity contribution in [3.63, 3.8) is 0 Å². The fourth-order valence-electron chi connectivity index (χ4n) is 3.02. The summed E-state index contributed by atoms with van der Waals surface area (Å²) in [6.07, 6.45) is -0.166. The average molecular weight is 353 g/mol. The number of primary sulfonamides is 1. The summed E-state index contributed by atoms with van der Waals surface area (Å²) in [5, 5.41) is 9.21. The number of nitrogens with two attached hydrogens (primary N) is 1. The third kappa shape index (κ3) is 2.99. The molecule has 0 bridgehead atoms. The molecule has 0 aliphatic heterocycles. The van der Waals surface area contributed by atoms with E-state index >= 15 is 0 Å². The number of allylic oxidation sites excluding steroid dienone is 2. The van der Waals surface area contributed by atoms with E-state index in [4.69, 9.17) is 5.14 Å². The highest BCUT2D eigenvalue weighted by molar-refractivity contribution is 7.89. The van der Waals surface area contributed by atoms with Crippen LogP contribution in [-0.4, -0.2) is 18.2 Å². The Bertz CT molecular complexity index is 917. The minimum absolute atomic E-state index is 0.147. The fraction of sp³-hybridized carbons (Fsp3) is 0.312. The molecule has 0 unspecified atom stereocenters. The summed E-state index contributed by atoms with van der Waals surface area (Å²) >= 11 is 0. The molecule has 0 amide bonds. The molecule has 24 heavy (non-hydrogen) atoms. The van der Waals surface area contributed by atoms with Crippen LogP contribution >= 0.6 is 0 Å². The van der Waals surface area contributed by atoms with Crippen molar-refractivity contribution in [2.45, 2.75) is 37.5 Å². The van der Waals surface area contributed by atoms with Crippen molar-refractivity contribution in [1.82, 2.24) is 9.78 Å². The van der Waals surface area contributed by atoms with Gasteiger partial charge in [-0.2, -0.15) is 5.10 Å². The average Bonchev–Trinajstić information content (AvgIpc) is 3.12. The molecule has 8 heteroatoms. The molecule has 0 spiro atoms. The number of hydrogen-bond donors (Lipinski definition) is 1. The van der Waals surface area contributed by atoms with Crippen LogP contribution < -0.4 is 5.14 Å². The van der Waals surface area contributed by atoms with Gasteiger partial charge < -0.3 is 0 Å². The quantitative estimate of drug-likeness (QED) is 0.915. The van der Waals surface area contributed by atoms with Crippen molar-refractivity contribution in [3.8, 4) is 5.69 Å². The fourth-order valence-corrected chi connectivity index (χ4v) is 3.73. The molecule has 0 atom stereocenters. The second-order valence-electron chi connectivity index (χ2n) is 5.79. The predicted molar refractivity (Wildman–Crippen MR) is 86.3 cm³/mol. The van der Waals surface area contributed by atoms with Gasteiger partial charge in [0.1, 0.15) is 10.6 Å². The van der Waals surface area contributed by atoms with Crippen molar-refractivity contribution in [1.29, 1.82) is 0 Å². The van der Waals surface area contributed by atoms with Gasteiger partial charge in [0.15, 0.2) is 0 Å². The highest BCUT2D eigenvalue weighted by Crippen LogP contribution is 2.36. The van der Waals surface area contributed by atoms with E-state index in [1.54, 1.807) is 6.07 Å². The SMILES string of the molecule is CC1=C(c2cc(C(F)F)nn2-c2ccccc2S(N)(=O)=O)CCC1. The molecule has 0 fully saturated rings. The summed E-state index contributed by atoms with van der Waals surface area (Å²) in [6, 6.07) is 7.33. The maximum Gasteiger partial charge on any atom is 0.282 e. The molecule has 1 aromatic carbocycles. The largest absolute Gasteiger partial charge is 0.282 e. The normalized spacial score (nSPS) is 15.5. The van der Waals surface area contributed by atoms with Crippen molar-refractivity contribution in [2.75, 3.05) is 0 Å². The summed E-state index contributed by atoms with van der Waals surface area (Å²) in [5.74, 6) is 0. The lowest BCUT2D eigenvalue weighted by Crippen LogP contribution is -2.16. The number of hydrogen-bond acceptors (Lipinski definition) is 3. The van der Waals surface area contributed by atoms with Gasteiger partial charge in [0.2, 0.25) is 10.0 Å². The van der Waals surface area contributed by atoms with Gasteiger partial charge >= 0.3 is 0 Å². The number of aromatic nitrogens is 2. The van der Waals surface area contributed by atoms with Crippen molar-refractivity contribution < 1.29 is 17.2 Å². The molecular weight excluding hydrogens is 336 g/mol. The monoisotopic (exact) mass is 353 g/mol. The molecule has 1 heterocycles. The van der Waals surface area contributed by atoms with Crippen molar-refractivity contribution in [3.05, 3.63) is 47.3 Å². The number of para-hydroxylation sites is 1. The van der Waals surface area contributed by atoms with E-state index in [0.717, 1.165) is 30.4 Å². The zero-order valence-electron chi connectivity index (χ0n) is 13.0. The summed E-state index contributed by atoms with van der Waals surface area (Å²) in [5.41, 5.74) is 2.32. The van der Waals surface area contributed by atoms with Crippen LogP contribution in [0, 0.1) is 0 Å². The van der Waals surface area contributed by atoms with E-state index in [9.17, 15) is 17.2 Å². The van der Waals surface area contributed by atoms with Crippen LogP contribution in [0.15, 0.2) is 40.8 Å². The molecule has 1 aliphatic carbocycles. The number of benzene rings is 1. The van der Waals surface area contributed by atoms with Gasteiger partial charge in [-0.1, -0.05) is 17.7 Å². The third-order valence-corrected chi connectivity index (χ3v) is 5.11. The maximum absolute atomic E-state index is 13.2. The number of halogens is 2. The lowest BCUT2D eigenvalue weighted by Gasteiger charge is -2.12. The predicted octanol–water partition coefficient (Wildman–Crippen LogP) is 3.41. The first-order valence-corrected chi connectivity index (χ1v) is 9.03. The smallest absolute Gasteiger partial charge is 0.232 e. The van der Waals surface area contributed by atoms with Gasteiger partial charge in [0.25, 0.3) is 6.43 Å². The Morgan fingerprint density at radius 1 is 1.25 bits per heavy atom. The lowest BCUT2D eigenvalue weighted by molar-refractivity contribution is 0.145. The molecule has 2 aromatic rings. The number of sulfonamides is 1. The Morgan fingerprint density at radius 3 is 2.54 bits per heavy atom. The minimum atomic E-state index is -4.01. The van der Waals surface area contributed by atoms with E-state index in [1.807, 2.05) is 6.92 Å². The molecule has 0 saturated heterocycles. The van der Waals surface area contributed by atoms with Gasteiger partial charge in [-0.3, -0.25) is 0 Å². The Labute approximate surface area is 138 Å². The molecule has 0 radical (unpaired) electrons. The number of rotatable bonds is 4. The summed E-state index contributed by atoms with van der Waals surface area (Å²) in [6.45, 7) is 1.95. The van der Waals surface area contributed by atoms with Crippen molar-refractivity contribution >= 4 is 15.6 Å². The molecule has 0 saturated carbocycles. The molecule has 128 valence electrons. The summed E-state index contributed by atoms with van der Waals surface area (Å²) < 4.78 is 51.3. The molecular formula is C16H17F2N3O2S. The maximum atomic E-state index is 13.2. The first-order chi connectivity index (χ1) is 11.3. The molecule has 3 rings (SSSR count). The van der Waals surface area contributed by atoms with Gasteiger partial charge in [0.05, 0.1) is 11.4 Å². The Morgan fingerprint density at radius 2 is 1.96 bits per heavy atom. The zero-order valence-corrected chi connectivity index (χ0v) is 13.9. The summed E-state index contributed by atoms with van der Waals surface area (Å²) in [4.78, 5) is -0.147. The number of alkyl halides is 2. The minimum Gasteiger partial charge on any atom is -0.232 e. The number of nitrogens with zero attached hydrogens (tertiary/aromatic N) is 2. The standard InChI is InChI=1S/C16H17F2N3O2S/c1-10-5-4-6-11(10)14-9-12(16(17)18)20-21(14)13-7-2-3-8-15(13)24(19,22)23/h2-3,7-9,16H,4-6H2,1H3,(H2,19,22,23). The Kier molecular flexibility index (Phi) is 4.27. The first-order valence-electron chi connectivity index (χ1n) is 7.48. The molecule has 2 N–H and O–H groups in total. The van der Waals surface area contributed by atoms with E-state index in [-0.39, 0.29) is 16.3 Å². The van der Waals surface area contributed by atoms with E-state index in [0.29, 0.717) is 5.69 Å². The second-order valence-corrected chi connectivity index (χ2v) is 7.32. The van der Waals surface area contributed by atoms with Gasteiger partial charge in [-0.25, -0.2) is 27.0 Å². The molecule has 5 nitrogen and oxygen atoms in total. The first kappa shape index (κ1) is 16.8. The highest BCUT2D eigenvalue weighted by atomic mass is 32.2. The summed E-state index contributed by atoms with van der Waals surface area (Å²) in [7, 11) is -4.01. The van der Waals surface area contributed by atoms with Crippen LogP contribution in [0.5, 0.6) is 0 Å². The topological polar surface area (TPSA) is 78.0 Å². The Hall–Kier alpha value is -2.06. The van der Waals surface area contributed by atoms with Crippen LogP contribution in [0.1, 0.15) is 44.0 Å². The Balaban J connectivity index is 2.28. The van der Waals surface area contributed by atoms with Crippen LogP contribution in [0.25, 0.3) is 11.3 Å². The van der Waals surface area contributed by atoms with Gasteiger partial charge in [-0.15, -0.1) is 0 Å². The molecule has 1 aromatic heterocycles. The highest BCUT2D eigenvalue weighted by Gasteiger charge is 2.25. The van der Waals surface area contributed by atoms with E-state index in [1.165, 1.54) is 28.9 Å². The van der Waals surface area contributed by atoms with E-state index in [2.05, 4.69) is 5.10 Å². The molecule has 1 aliphatic rings. The van der Waals surface area contributed by atoms with Crippen LogP contribution in [0.3, 0.4) is 0 Å².